The number of hydrogen-bond donors (Lipinski definition) is 1. The van der Waals surface area contributed by atoms with Crippen LogP contribution in [0, 0.1) is 20.2 Å². The molecular formula is C14H7Cl2N3O6. The molecule has 0 aromatic heterocycles. The maximum Gasteiger partial charge on any atom is 0.288 e. The number of nitro benzene ring substituents is 2. The van der Waals surface area contributed by atoms with Crippen LogP contribution in [-0.4, -0.2) is 21.7 Å². The molecule has 9 nitrogen and oxygen atoms in total. The average Bonchev–Trinajstić information content (AvgIpc) is 2.54. The number of halogens is 2. The zero-order valence-corrected chi connectivity index (χ0v) is 13.6. The van der Waals surface area contributed by atoms with Crippen molar-refractivity contribution in [2.45, 2.75) is 0 Å². The van der Waals surface area contributed by atoms with Gasteiger partial charge >= 0.3 is 0 Å². The van der Waals surface area contributed by atoms with Crippen LogP contribution in [0.3, 0.4) is 0 Å². The number of carbonyl (C=O) groups is 2. The summed E-state index contributed by atoms with van der Waals surface area (Å²) in [6.07, 6.45) is 0. The van der Waals surface area contributed by atoms with Gasteiger partial charge in [0.25, 0.3) is 23.2 Å². The van der Waals surface area contributed by atoms with Crippen LogP contribution in [0.4, 0.5) is 11.4 Å². The summed E-state index contributed by atoms with van der Waals surface area (Å²) in [5.74, 6) is -1.86. The Morgan fingerprint density at radius 1 is 0.800 bits per heavy atom. The molecular weight excluding hydrogens is 377 g/mol. The van der Waals surface area contributed by atoms with E-state index in [1.807, 2.05) is 5.32 Å². The SMILES string of the molecule is O=C(NC(=O)c1ccc(Cl)c([N+](=O)[O-])c1)c1ccc(Cl)c([N+](=O)[O-])c1. The van der Waals surface area contributed by atoms with Crippen molar-refractivity contribution >= 4 is 46.4 Å². The van der Waals surface area contributed by atoms with E-state index in [2.05, 4.69) is 0 Å². The van der Waals surface area contributed by atoms with Crippen LogP contribution in [0.1, 0.15) is 20.7 Å². The van der Waals surface area contributed by atoms with Crippen LogP contribution in [-0.2, 0) is 0 Å². The third-order valence-electron chi connectivity index (χ3n) is 3.04. The normalized spacial score (nSPS) is 10.2. The number of hydrogen-bond acceptors (Lipinski definition) is 6. The minimum absolute atomic E-state index is 0.166. The smallest absolute Gasteiger partial charge is 0.288 e. The lowest BCUT2D eigenvalue weighted by Gasteiger charge is -2.05. The van der Waals surface area contributed by atoms with E-state index >= 15 is 0 Å². The second kappa shape index (κ2) is 7.24. The van der Waals surface area contributed by atoms with Gasteiger partial charge < -0.3 is 0 Å². The van der Waals surface area contributed by atoms with Crippen molar-refractivity contribution in [2.24, 2.45) is 0 Å². The highest BCUT2D eigenvalue weighted by Gasteiger charge is 2.20. The Labute approximate surface area is 149 Å². The van der Waals surface area contributed by atoms with Crippen molar-refractivity contribution in [2.75, 3.05) is 0 Å². The van der Waals surface area contributed by atoms with Gasteiger partial charge in [-0.15, -0.1) is 0 Å². The van der Waals surface area contributed by atoms with E-state index in [9.17, 15) is 29.8 Å². The molecule has 0 spiro atoms. The Bertz CT molecular complexity index is 842. The average molecular weight is 384 g/mol. The lowest BCUT2D eigenvalue weighted by Crippen LogP contribution is -2.30. The van der Waals surface area contributed by atoms with Crippen LogP contribution >= 0.6 is 23.2 Å². The molecule has 0 bridgehead atoms. The summed E-state index contributed by atoms with van der Waals surface area (Å²) in [6, 6.07) is 6.51. The second-order valence-corrected chi connectivity index (χ2v) is 5.44. The fraction of sp³-hybridized carbons (Fsp3) is 0. The van der Waals surface area contributed by atoms with Gasteiger partial charge in [-0.1, -0.05) is 23.2 Å². The second-order valence-electron chi connectivity index (χ2n) is 4.63. The van der Waals surface area contributed by atoms with E-state index in [1.54, 1.807) is 0 Å². The molecule has 128 valence electrons. The van der Waals surface area contributed by atoms with Gasteiger partial charge in [0.15, 0.2) is 0 Å². The highest BCUT2D eigenvalue weighted by Crippen LogP contribution is 2.26. The molecule has 0 unspecified atom stereocenters. The molecule has 2 amide bonds. The fourth-order valence-corrected chi connectivity index (χ4v) is 2.21. The largest absolute Gasteiger partial charge is 0.288 e. The number of nitrogens with zero attached hydrogens (tertiary/aromatic N) is 2. The number of carbonyl (C=O) groups excluding carboxylic acids is 2. The molecule has 0 aliphatic rings. The van der Waals surface area contributed by atoms with E-state index < -0.39 is 33.0 Å². The topological polar surface area (TPSA) is 132 Å². The van der Waals surface area contributed by atoms with Crippen LogP contribution in [0.2, 0.25) is 10.0 Å². The number of rotatable bonds is 4. The molecule has 1 N–H and O–H groups in total. The highest BCUT2D eigenvalue weighted by atomic mass is 35.5. The summed E-state index contributed by atoms with van der Waals surface area (Å²) in [5, 5.41) is 23.3. The third kappa shape index (κ3) is 4.08. The molecule has 0 saturated heterocycles. The first kappa shape index (κ1) is 18.3. The van der Waals surface area contributed by atoms with Gasteiger partial charge in [0.1, 0.15) is 10.0 Å². The number of amides is 2. The zero-order chi connectivity index (χ0) is 18.7. The van der Waals surface area contributed by atoms with E-state index in [0.29, 0.717) is 0 Å². The predicted octanol–water partition coefficient (Wildman–Crippen LogP) is 3.38. The van der Waals surface area contributed by atoms with E-state index in [4.69, 9.17) is 23.2 Å². The molecule has 0 radical (unpaired) electrons. The summed E-state index contributed by atoms with van der Waals surface area (Å²) in [5.41, 5.74) is -1.34. The van der Waals surface area contributed by atoms with Gasteiger partial charge in [-0.25, -0.2) is 0 Å². The molecule has 11 heteroatoms. The Morgan fingerprint density at radius 2 is 1.16 bits per heavy atom. The van der Waals surface area contributed by atoms with Crippen molar-refractivity contribution in [3.8, 4) is 0 Å². The molecule has 0 atom stereocenters. The summed E-state index contributed by atoms with van der Waals surface area (Å²) in [6.45, 7) is 0. The molecule has 0 saturated carbocycles. The molecule has 0 aliphatic heterocycles. The van der Waals surface area contributed by atoms with Crippen molar-refractivity contribution < 1.29 is 19.4 Å². The molecule has 2 aromatic rings. The van der Waals surface area contributed by atoms with Crippen molar-refractivity contribution in [1.29, 1.82) is 0 Å². The van der Waals surface area contributed by atoms with Crippen LogP contribution in [0.25, 0.3) is 0 Å². The number of nitro groups is 2. The van der Waals surface area contributed by atoms with Gasteiger partial charge in [0, 0.05) is 23.3 Å². The van der Waals surface area contributed by atoms with Crippen LogP contribution in [0.15, 0.2) is 36.4 Å². The molecule has 25 heavy (non-hydrogen) atoms. The first-order valence-corrected chi connectivity index (χ1v) is 7.20. The summed E-state index contributed by atoms with van der Waals surface area (Å²) in [7, 11) is 0. The van der Waals surface area contributed by atoms with Gasteiger partial charge in [0.2, 0.25) is 0 Å². The van der Waals surface area contributed by atoms with E-state index in [-0.39, 0.29) is 21.2 Å². The van der Waals surface area contributed by atoms with E-state index in [0.717, 1.165) is 24.3 Å². The van der Waals surface area contributed by atoms with Crippen LogP contribution in [0.5, 0.6) is 0 Å². The Balaban J connectivity index is 2.25. The third-order valence-corrected chi connectivity index (χ3v) is 3.68. The van der Waals surface area contributed by atoms with Crippen molar-refractivity contribution in [3.63, 3.8) is 0 Å². The number of benzene rings is 2. The highest BCUT2D eigenvalue weighted by molar-refractivity contribution is 6.33. The maximum absolute atomic E-state index is 12.0. The molecule has 0 fully saturated rings. The molecule has 2 aromatic carbocycles. The van der Waals surface area contributed by atoms with E-state index in [1.165, 1.54) is 12.1 Å². The summed E-state index contributed by atoms with van der Waals surface area (Å²) >= 11 is 11.3. The van der Waals surface area contributed by atoms with Gasteiger partial charge in [0.05, 0.1) is 9.85 Å². The first-order chi connectivity index (χ1) is 11.7. The van der Waals surface area contributed by atoms with Crippen LogP contribution < -0.4 is 5.32 Å². The fourth-order valence-electron chi connectivity index (χ4n) is 1.84. The monoisotopic (exact) mass is 383 g/mol. The predicted molar refractivity (Wildman–Crippen MR) is 88.0 cm³/mol. The van der Waals surface area contributed by atoms with Gasteiger partial charge in [-0.3, -0.25) is 35.1 Å². The zero-order valence-electron chi connectivity index (χ0n) is 12.1. The minimum Gasteiger partial charge on any atom is -0.288 e. The van der Waals surface area contributed by atoms with Crippen molar-refractivity contribution in [1.82, 2.24) is 5.32 Å². The Kier molecular flexibility index (Phi) is 5.30. The summed E-state index contributed by atoms with van der Waals surface area (Å²) < 4.78 is 0. The number of imide groups is 1. The Hall–Kier alpha value is -3.04. The Morgan fingerprint density at radius 3 is 1.48 bits per heavy atom. The quantitative estimate of drug-likeness (QED) is 0.488. The van der Waals surface area contributed by atoms with Crippen molar-refractivity contribution in [3.05, 3.63) is 77.8 Å². The number of nitrogens with one attached hydrogen (secondary N) is 1. The summed E-state index contributed by atoms with van der Waals surface area (Å²) in [4.78, 5) is 44.2. The lowest BCUT2D eigenvalue weighted by atomic mass is 10.1. The molecule has 0 aliphatic carbocycles. The minimum atomic E-state index is -0.928. The molecule has 2 rings (SSSR count). The van der Waals surface area contributed by atoms with Gasteiger partial charge in [-0.2, -0.15) is 0 Å². The van der Waals surface area contributed by atoms with Gasteiger partial charge in [-0.05, 0) is 24.3 Å². The first-order valence-electron chi connectivity index (χ1n) is 6.44. The standard InChI is InChI=1S/C14H7Cl2N3O6/c15-9-3-1-7(5-11(9)18(22)23)13(20)17-14(21)8-2-4-10(16)12(6-8)19(24)25/h1-6H,(H,17,20,21). The molecule has 0 heterocycles. The maximum atomic E-state index is 12.0. The lowest BCUT2D eigenvalue weighted by molar-refractivity contribution is -0.384.